The van der Waals surface area contributed by atoms with Crippen LogP contribution in [0.2, 0.25) is 0 Å². The zero-order chi connectivity index (χ0) is 13.1. The number of hydrogen-bond donors (Lipinski definition) is 2. The highest BCUT2D eigenvalue weighted by molar-refractivity contribution is 5.76. The molecule has 6 heteroatoms. The molecule has 1 unspecified atom stereocenters. The number of carbonyl (C=O) groups excluding carboxylic acids is 1. The maximum atomic E-state index is 12.1. The van der Waals surface area contributed by atoms with Crippen molar-refractivity contribution in [2.45, 2.75) is 25.4 Å². The van der Waals surface area contributed by atoms with Crippen LogP contribution in [-0.2, 0) is 11.3 Å². The van der Waals surface area contributed by atoms with Crippen molar-refractivity contribution in [2.75, 3.05) is 18.9 Å². The Morgan fingerprint density at radius 1 is 1.50 bits per heavy atom. The second-order valence-corrected chi connectivity index (χ2v) is 4.49. The second-order valence-electron chi connectivity index (χ2n) is 4.49. The summed E-state index contributed by atoms with van der Waals surface area (Å²) in [5.74, 6) is -0.153. The van der Waals surface area contributed by atoms with Crippen LogP contribution in [0, 0.1) is 0 Å². The fraction of sp³-hybridized carbons (Fsp3) is 0.500. The predicted octanol–water partition coefficient (Wildman–Crippen LogP) is -0.586. The van der Waals surface area contributed by atoms with E-state index in [4.69, 9.17) is 10.8 Å². The molecular weight excluding hydrogens is 234 g/mol. The fourth-order valence-electron chi connectivity index (χ4n) is 2.26. The van der Waals surface area contributed by atoms with Crippen molar-refractivity contribution in [1.29, 1.82) is 0 Å². The van der Waals surface area contributed by atoms with Gasteiger partial charge in [0.15, 0.2) is 0 Å². The van der Waals surface area contributed by atoms with Crippen LogP contribution in [0.15, 0.2) is 23.1 Å². The van der Waals surface area contributed by atoms with Gasteiger partial charge < -0.3 is 20.3 Å². The molecule has 1 aliphatic heterocycles. The van der Waals surface area contributed by atoms with Crippen LogP contribution >= 0.6 is 0 Å². The minimum atomic E-state index is -0.253. The van der Waals surface area contributed by atoms with Crippen molar-refractivity contribution < 1.29 is 9.90 Å². The number of anilines is 1. The molecule has 1 aliphatic rings. The highest BCUT2D eigenvalue weighted by Gasteiger charge is 2.27. The number of aliphatic hydroxyl groups is 1. The van der Waals surface area contributed by atoms with Crippen molar-refractivity contribution in [3.63, 3.8) is 0 Å². The number of nitrogen functional groups attached to an aromatic ring is 1. The number of hydrogen-bond acceptors (Lipinski definition) is 4. The smallest absolute Gasteiger partial charge is 0.251 e. The minimum absolute atomic E-state index is 0.0274. The first-order valence-electron chi connectivity index (χ1n) is 5.98. The molecule has 98 valence electrons. The topological polar surface area (TPSA) is 88.6 Å². The molecule has 1 atom stereocenters. The summed E-state index contributed by atoms with van der Waals surface area (Å²) >= 11 is 0. The van der Waals surface area contributed by atoms with E-state index >= 15 is 0 Å². The number of likely N-dealkylation sites (tertiary alicyclic amines) is 1. The van der Waals surface area contributed by atoms with E-state index in [0.29, 0.717) is 12.2 Å². The van der Waals surface area contributed by atoms with E-state index in [1.807, 2.05) is 0 Å². The summed E-state index contributed by atoms with van der Waals surface area (Å²) in [6.07, 6.45) is 3.17. The molecule has 18 heavy (non-hydrogen) atoms. The predicted molar refractivity (Wildman–Crippen MR) is 66.9 cm³/mol. The van der Waals surface area contributed by atoms with Gasteiger partial charge in [-0.25, -0.2) is 0 Å². The number of aliphatic hydroxyl groups excluding tert-OH is 1. The molecular formula is C12H17N3O3. The van der Waals surface area contributed by atoms with Gasteiger partial charge in [0.2, 0.25) is 5.91 Å². The molecule has 0 aliphatic carbocycles. The third-order valence-corrected chi connectivity index (χ3v) is 3.22. The Kier molecular flexibility index (Phi) is 3.66. The summed E-state index contributed by atoms with van der Waals surface area (Å²) in [5.41, 5.74) is 5.78. The molecule has 3 N–H and O–H groups in total. The molecule has 0 saturated carbocycles. The number of nitrogens with two attached hydrogens (primary N) is 1. The minimum Gasteiger partial charge on any atom is -0.398 e. The molecule has 1 aromatic rings. The summed E-state index contributed by atoms with van der Waals surface area (Å²) in [6.45, 7) is 0.582. The van der Waals surface area contributed by atoms with Gasteiger partial charge in [-0.3, -0.25) is 9.59 Å². The number of aromatic nitrogens is 1. The van der Waals surface area contributed by atoms with Crippen LogP contribution in [0.3, 0.4) is 0 Å². The highest BCUT2D eigenvalue weighted by atomic mass is 16.3. The maximum absolute atomic E-state index is 12.1. The van der Waals surface area contributed by atoms with Crippen molar-refractivity contribution in [3.8, 4) is 0 Å². The van der Waals surface area contributed by atoms with Gasteiger partial charge in [-0.05, 0) is 18.9 Å². The van der Waals surface area contributed by atoms with Crippen LogP contribution < -0.4 is 11.3 Å². The van der Waals surface area contributed by atoms with Gasteiger partial charge in [-0.2, -0.15) is 0 Å². The number of carbonyl (C=O) groups is 1. The van der Waals surface area contributed by atoms with Gasteiger partial charge in [0.25, 0.3) is 5.56 Å². The molecule has 6 nitrogen and oxygen atoms in total. The standard InChI is InChI=1S/C12H17N3O3/c13-9-3-4-11(17)14(6-9)7-12(18)15-5-1-2-10(15)8-16/h3-4,6,10,16H,1-2,5,7-8,13H2. The Labute approximate surface area is 105 Å². The third kappa shape index (κ3) is 2.53. The Balaban J connectivity index is 2.11. The largest absolute Gasteiger partial charge is 0.398 e. The van der Waals surface area contributed by atoms with Gasteiger partial charge in [0.1, 0.15) is 6.54 Å². The van der Waals surface area contributed by atoms with E-state index in [9.17, 15) is 9.59 Å². The van der Waals surface area contributed by atoms with E-state index in [1.165, 1.54) is 22.9 Å². The fourth-order valence-corrected chi connectivity index (χ4v) is 2.26. The summed E-state index contributed by atoms with van der Waals surface area (Å²) in [6, 6.07) is 2.74. The molecule has 0 aromatic carbocycles. The monoisotopic (exact) mass is 251 g/mol. The molecule has 0 radical (unpaired) electrons. The normalized spacial score (nSPS) is 19.2. The van der Waals surface area contributed by atoms with E-state index in [1.54, 1.807) is 4.90 Å². The first-order valence-corrected chi connectivity index (χ1v) is 5.98. The van der Waals surface area contributed by atoms with Gasteiger partial charge in [0, 0.05) is 24.5 Å². The molecule has 1 amide bonds. The van der Waals surface area contributed by atoms with E-state index in [-0.39, 0.29) is 30.7 Å². The third-order valence-electron chi connectivity index (χ3n) is 3.22. The molecule has 2 heterocycles. The molecule has 0 spiro atoms. The quantitative estimate of drug-likeness (QED) is 0.751. The molecule has 1 saturated heterocycles. The van der Waals surface area contributed by atoms with Crippen LogP contribution in [0.5, 0.6) is 0 Å². The van der Waals surface area contributed by atoms with Crippen molar-refractivity contribution in [2.24, 2.45) is 0 Å². The lowest BCUT2D eigenvalue weighted by molar-refractivity contribution is -0.133. The van der Waals surface area contributed by atoms with E-state index < -0.39 is 0 Å². The Morgan fingerprint density at radius 2 is 2.28 bits per heavy atom. The second kappa shape index (κ2) is 5.22. The van der Waals surface area contributed by atoms with Crippen molar-refractivity contribution in [3.05, 3.63) is 28.7 Å². The Bertz CT molecular complexity index is 498. The first kappa shape index (κ1) is 12.6. The lowest BCUT2D eigenvalue weighted by Gasteiger charge is -2.23. The summed E-state index contributed by atoms with van der Waals surface area (Å²) in [4.78, 5) is 25.3. The zero-order valence-corrected chi connectivity index (χ0v) is 10.1. The highest BCUT2D eigenvalue weighted by Crippen LogP contribution is 2.16. The summed E-state index contributed by atoms with van der Waals surface area (Å²) < 4.78 is 1.30. The van der Waals surface area contributed by atoms with Gasteiger partial charge >= 0.3 is 0 Å². The molecule has 1 aromatic heterocycles. The van der Waals surface area contributed by atoms with E-state index in [2.05, 4.69) is 0 Å². The summed E-state index contributed by atoms with van der Waals surface area (Å²) in [5, 5.41) is 9.17. The average molecular weight is 251 g/mol. The lowest BCUT2D eigenvalue weighted by Crippen LogP contribution is -2.41. The Hall–Kier alpha value is -1.82. The van der Waals surface area contributed by atoms with Crippen LogP contribution in [0.25, 0.3) is 0 Å². The van der Waals surface area contributed by atoms with Crippen molar-refractivity contribution >= 4 is 11.6 Å². The van der Waals surface area contributed by atoms with Gasteiger partial charge in [-0.1, -0.05) is 0 Å². The molecule has 2 rings (SSSR count). The maximum Gasteiger partial charge on any atom is 0.251 e. The number of rotatable bonds is 3. The zero-order valence-electron chi connectivity index (χ0n) is 10.1. The van der Waals surface area contributed by atoms with Gasteiger partial charge in [0.05, 0.1) is 12.6 Å². The van der Waals surface area contributed by atoms with Crippen LogP contribution in [-0.4, -0.2) is 39.7 Å². The Morgan fingerprint density at radius 3 is 3.00 bits per heavy atom. The first-order chi connectivity index (χ1) is 8.61. The number of pyridine rings is 1. The number of nitrogens with zero attached hydrogens (tertiary/aromatic N) is 2. The average Bonchev–Trinajstić information content (AvgIpc) is 2.82. The van der Waals surface area contributed by atoms with E-state index in [0.717, 1.165) is 12.8 Å². The van der Waals surface area contributed by atoms with Crippen LogP contribution in [0.1, 0.15) is 12.8 Å². The number of amides is 1. The van der Waals surface area contributed by atoms with Gasteiger partial charge in [-0.15, -0.1) is 0 Å². The SMILES string of the molecule is Nc1ccc(=O)n(CC(=O)N2CCCC2CO)c1. The molecule has 0 bridgehead atoms. The summed E-state index contributed by atoms with van der Waals surface area (Å²) in [7, 11) is 0. The van der Waals surface area contributed by atoms with Crippen LogP contribution in [0.4, 0.5) is 5.69 Å². The van der Waals surface area contributed by atoms with Crippen molar-refractivity contribution in [1.82, 2.24) is 9.47 Å². The molecule has 1 fully saturated rings. The lowest BCUT2D eigenvalue weighted by atomic mass is 10.2.